The molecule has 3 heterocycles. The van der Waals surface area contributed by atoms with E-state index in [1.54, 1.807) is 0 Å². The van der Waals surface area contributed by atoms with Crippen molar-refractivity contribution in [3.05, 3.63) is 52.8 Å². The maximum atomic E-state index is 14.2. The van der Waals surface area contributed by atoms with Crippen LogP contribution in [0.4, 0.5) is 22.0 Å². The van der Waals surface area contributed by atoms with Crippen LogP contribution < -0.4 is 0 Å². The quantitative estimate of drug-likeness (QED) is 0.221. The molecular formula is C29H33F5N4O6S. The van der Waals surface area contributed by atoms with Crippen molar-refractivity contribution in [2.75, 3.05) is 13.7 Å². The van der Waals surface area contributed by atoms with Crippen LogP contribution in [0.3, 0.4) is 0 Å². The van der Waals surface area contributed by atoms with Gasteiger partial charge in [-0.25, -0.2) is 26.6 Å². The lowest BCUT2D eigenvalue weighted by Crippen LogP contribution is -2.56. The molecule has 0 bridgehead atoms. The lowest BCUT2D eigenvalue weighted by molar-refractivity contribution is -0.186. The highest BCUT2D eigenvalue weighted by atomic mass is 32.2. The van der Waals surface area contributed by atoms with Gasteiger partial charge in [0.25, 0.3) is 0 Å². The van der Waals surface area contributed by atoms with Crippen molar-refractivity contribution in [2.45, 2.75) is 97.9 Å². The second kappa shape index (κ2) is 12.2. The topological polar surface area (TPSA) is 136 Å². The number of alkyl halides is 2. The zero-order valence-corrected chi connectivity index (χ0v) is 25.2. The number of benzene rings is 1. The zero-order chi connectivity index (χ0) is 32.3. The Balaban J connectivity index is 1.35. The molecule has 2 aliphatic carbocycles. The first-order valence-electron chi connectivity index (χ1n) is 14.6. The number of hydrogen-bond acceptors (Lipinski definition) is 10. The van der Waals surface area contributed by atoms with Gasteiger partial charge in [-0.3, -0.25) is 0 Å². The molecule has 1 aromatic carbocycles. The van der Waals surface area contributed by atoms with E-state index in [2.05, 4.69) is 15.5 Å². The Bertz CT molecular complexity index is 1500. The van der Waals surface area contributed by atoms with Crippen LogP contribution >= 0.6 is 11.8 Å². The third-order valence-electron chi connectivity index (χ3n) is 8.99. The molecule has 45 heavy (non-hydrogen) atoms. The van der Waals surface area contributed by atoms with E-state index in [-0.39, 0.29) is 30.0 Å². The van der Waals surface area contributed by atoms with E-state index in [0.29, 0.717) is 17.0 Å². The van der Waals surface area contributed by atoms with Crippen molar-refractivity contribution < 1.29 is 51.3 Å². The number of aromatic nitrogens is 4. The van der Waals surface area contributed by atoms with E-state index >= 15 is 0 Å². The Morgan fingerprint density at radius 1 is 1.13 bits per heavy atom. The van der Waals surface area contributed by atoms with Crippen LogP contribution in [0.1, 0.15) is 72.8 Å². The van der Waals surface area contributed by atoms with Crippen LogP contribution in [-0.4, -0.2) is 84.5 Å². The van der Waals surface area contributed by atoms with Crippen LogP contribution in [0.25, 0.3) is 11.3 Å². The summed E-state index contributed by atoms with van der Waals surface area (Å²) in [6, 6.07) is 0.428. The molecule has 0 unspecified atom stereocenters. The fourth-order valence-electron chi connectivity index (χ4n) is 6.20. The van der Waals surface area contributed by atoms with Crippen molar-refractivity contribution >= 4 is 11.8 Å². The van der Waals surface area contributed by atoms with E-state index < -0.39 is 83.5 Å². The molecule has 0 amide bonds. The molecule has 246 valence electrons. The predicted molar refractivity (Wildman–Crippen MR) is 149 cm³/mol. The number of ether oxygens (including phenoxy) is 2. The number of aliphatic hydroxyl groups is 3. The molecule has 3 fully saturated rings. The molecule has 1 saturated heterocycles. The Hall–Kier alpha value is -2.63. The molecule has 0 radical (unpaired) electrons. The van der Waals surface area contributed by atoms with Gasteiger partial charge in [-0.15, -0.1) is 16.9 Å². The van der Waals surface area contributed by atoms with E-state index in [0.717, 1.165) is 36.7 Å². The van der Waals surface area contributed by atoms with Crippen LogP contribution in [0, 0.1) is 24.4 Å². The summed E-state index contributed by atoms with van der Waals surface area (Å²) in [7, 11) is 1.35. The summed E-state index contributed by atoms with van der Waals surface area (Å²) in [5, 5.41) is 44.6. The van der Waals surface area contributed by atoms with Crippen molar-refractivity contribution in [1.82, 2.24) is 20.2 Å². The number of nitrogens with zero attached hydrogens (tertiary/aromatic N) is 4. The van der Waals surface area contributed by atoms with Crippen LogP contribution in [0.2, 0.25) is 0 Å². The van der Waals surface area contributed by atoms with Gasteiger partial charge in [0.2, 0.25) is 5.92 Å². The van der Waals surface area contributed by atoms with Crippen LogP contribution in [0.5, 0.6) is 0 Å². The summed E-state index contributed by atoms with van der Waals surface area (Å²) in [5.41, 5.74) is -1.70. The van der Waals surface area contributed by atoms with Gasteiger partial charge < -0.3 is 29.3 Å². The third kappa shape index (κ3) is 6.12. The molecule has 2 saturated carbocycles. The fourth-order valence-corrected chi connectivity index (χ4v) is 7.94. The van der Waals surface area contributed by atoms with E-state index in [1.165, 1.54) is 18.0 Å². The summed E-state index contributed by atoms with van der Waals surface area (Å²) >= 11 is 1.06. The van der Waals surface area contributed by atoms with Crippen molar-refractivity contribution in [1.29, 1.82) is 0 Å². The summed E-state index contributed by atoms with van der Waals surface area (Å²) in [4.78, 5) is 0. The number of halogens is 5. The third-order valence-corrected chi connectivity index (χ3v) is 10.6. The average molecular weight is 661 g/mol. The predicted octanol–water partition coefficient (Wildman–Crippen LogP) is 4.59. The van der Waals surface area contributed by atoms with Crippen molar-refractivity contribution in [3.8, 4) is 11.3 Å². The highest BCUT2D eigenvalue weighted by Crippen LogP contribution is 2.54. The number of methoxy groups -OCH3 is 1. The molecule has 1 aliphatic heterocycles. The fraction of sp³-hybridized carbons (Fsp3) is 0.621. The van der Waals surface area contributed by atoms with Gasteiger partial charge in [-0.2, -0.15) is 0 Å². The minimum Gasteiger partial charge on any atom is -0.394 e. The molecule has 3 aliphatic rings. The molecule has 0 spiro atoms. The molecule has 3 N–H and O–H groups in total. The highest BCUT2D eigenvalue weighted by Gasteiger charge is 2.54. The van der Waals surface area contributed by atoms with Crippen LogP contribution in [0.15, 0.2) is 22.9 Å². The Kier molecular flexibility index (Phi) is 8.75. The van der Waals surface area contributed by atoms with Gasteiger partial charge in [-0.05, 0) is 44.7 Å². The summed E-state index contributed by atoms with van der Waals surface area (Å²) < 4.78 is 88.6. The molecule has 3 aromatic rings. The normalized spacial score (nSPS) is 28.7. The molecule has 6 rings (SSSR count). The minimum absolute atomic E-state index is 0.0350. The Morgan fingerprint density at radius 2 is 1.80 bits per heavy atom. The number of rotatable bonds is 9. The Labute approximate surface area is 258 Å². The van der Waals surface area contributed by atoms with Gasteiger partial charge in [0.15, 0.2) is 17.5 Å². The van der Waals surface area contributed by atoms with Crippen LogP contribution in [-0.2, 0) is 9.47 Å². The number of aliphatic hydroxyl groups excluding tert-OH is 2. The average Bonchev–Trinajstić information content (AvgIpc) is 3.61. The zero-order valence-electron chi connectivity index (χ0n) is 24.4. The van der Waals surface area contributed by atoms with E-state index in [4.69, 9.17) is 14.0 Å². The van der Waals surface area contributed by atoms with Gasteiger partial charge in [0.05, 0.1) is 23.7 Å². The maximum absolute atomic E-state index is 14.2. The van der Waals surface area contributed by atoms with E-state index in [1.807, 2.05) is 6.92 Å². The smallest absolute Gasteiger partial charge is 0.248 e. The van der Waals surface area contributed by atoms with Gasteiger partial charge in [0, 0.05) is 37.0 Å². The first kappa shape index (κ1) is 32.3. The first-order valence-corrected chi connectivity index (χ1v) is 15.6. The monoisotopic (exact) mass is 660 g/mol. The summed E-state index contributed by atoms with van der Waals surface area (Å²) in [6.45, 7) is 1.18. The first-order chi connectivity index (χ1) is 21.4. The van der Waals surface area contributed by atoms with Gasteiger partial charge in [-0.1, -0.05) is 10.4 Å². The Morgan fingerprint density at radius 3 is 2.40 bits per heavy atom. The summed E-state index contributed by atoms with van der Waals surface area (Å²) in [6.07, 6.45) is -2.00. The maximum Gasteiger partial charge on any atom is 0.248 e. The lowest BCUT2D eigenvalue weighted by atomic mass is 9.79. The molecule has 6 atom stereocenters. The van der Waals surface area contributed by atoms with Gasteiger partial charge in [0.1, 0.15) is 46.9 Å². The van der Waals surface area contributed by atoms with Crippen molar-refractivity contribution in [3.63, 3.8) is 0 Å². The standard InChI is InChI=1S/C29H33F5N4O6S/c1-13-21(36-44-24(13)14-3-4-14)26(28(41)5-7-29(33,34)8-6-28)45-27-25(42-2)22(23(40)19(12-39)43-27)38-11-18(35-37-38)15-9-16(30)20(32)17(31)10-15/h9-11,14,19,22-23,25-27,39-41H,3-8,12H2,1-2H3/t19-,22+,23+,25-,26-,27+/m1/s1. The lowest BCUT2D eigenvalue weighted by Gasteiger charge is -2.46. The largest absolute Gasteiger partial charge is 0.394 e. The van der Waals surface area contributed by atoms with E-state index in [9.17, 15) is 37.3 Å². The number of hydrogen-bond donors (Lipinski definition) is 3. The molecular weight excluding hydrogens is 627 g/mol. The number of thioether (sulfide) groups is 1. The highest BCUT2D eigenvalue weighted by molar-refractivity contribution is 8.00. The van der Waals surface area contributed by atoms with Gasteiger partial charge >= 0.3 is 0 Å². The second-order valence-corrected chi connectivity index (χ2v) is 13.3. The molecule has 10 nitrogen and oxygen atoms in total. The van der Waals surface area contributed by atoms with Crippen molar-refractivity contribution in [2.24, 2.45) is 0 Å². The molecule has 16 heteroatoms. The molecule has 2 aromatic heterocycles. The second-order valence-electron chi connectivity index (χ2n) is 12.1. The minimum atomic E-state index is -2.92. The SMILES string of the molecule is CO[C@@H]1[C@@H](n2cc(-c3cc(F)c(F)c(F)c3)nn2)[C@@H](O)[C@@H](CO)O[C@H]1S[C@H](c1noc(C2CC2)c1C)C1(O)CCC(F)(F)CC1. The summed E-state index contributed by atoms with van der Waals surface area (Å²) in [5.74, 6) is -6.53.